The van der Waals surface area contributed by atoms with Crippen molar-refractivity contribution < 1.29 is 13.2 Å². The maximum atomic E-state index is 11.6. The van der Waals surface area contributed by atoms with E-state index >= 15 is 0 Å². The number of rotatable bonds is 5. The Kier molecular flexibility index (Phi) is 6.04. The molecule has 1 aliphatic heterocycles. The summed E-state index contributed by atoms with van der Waals surface area (Å²) >= 11 is 0. The summed E-state index contributed by atoms with van der Waals surface area (Å²) in [6, 6.07) is -0.0885. The number of hydrogen-bond acceptors (Lipinski definition) is 5. The Morgan fingerprint density at radius 2 is 2.21 bits per heavy atom. The Morgan fingerprint density at radius 1 is 1.46 bits per heavy atom. The molecule has 0 bridgehead atoms. The quantitative estimate of drug-likeness (QED) is 0.604. The number of pyridine rings is 1. The van der Waals surface area contributed by atoms with Crippen molar-refractivity contribution in [3.05, 3.63) is 23.0 Å². The third-order valence-corrected chi connectivity index (χ3v) is 5.82. The molecule has 0 spiro atoms. The number of nitrogens with zero attached hydrogens (tertiary/aromatic N) is 2. The van der Waals surface area contributed by atoms with Crippen LogP contribution in [0, 0.1) is 13.8 Å². The van der Waals surface area contributed by atoms with Gasteiger partial charge in [-0.2, -0.15) is 0 Å². The Bertz CT molecular complexity index is 716. The second-order valence-electron chi connectivity index (χ2n) is 5.99. The van der Waals surface area contributed by atoms with E-state index in [1.165, 1.54) is 0 Å². The molecule has 2 heterocycles. The Labute approximate surface area is 143 Å². The third-order valence-electron chi connectivity index (χ3n) is 4.05. The first-order chi connectivity index (χ1) is 11.4. The Balaban J connectivity index is 2.11. The molecule has 1 aliphatic rings. The van der Waals surface area contributed by atoms with Crippen LogP contribution in [0.1, 0.15) is 30.2 Å². The molecule has 134 valence electrons. The van der Waals surface area contributed by atoms with E-state index in [2.05, 4.69) is 20.6 Å². The zero-order chi connectivity index (χ0) is 17.7. The van der Waals surface area contributed by atoms with Crippen LogP contribution in [0.4, 0.5) is 0 Å². The lowest BCUT2D eigenvalue weighted by Crippen LogP contribution is -2.44. The van der Waals surface area contributed by atoms with Crippen LogP contribution < -0.4 is 15.4 Å². The molecule has 8 heteroatoms. The van der Waals surface area contributed by atoms with Gasteiger partial charge in [0.2, 0.25) is 0 Å². The third kappa shape index (κ3) is 4.59. The van der Waals surface area contributed by atoms with E-state index in [4.69, 9.17) is 4.74 Å². The Hall–Kier alpha value is -1.83. The van der Waals surface area contributed by atoms with Gasteiger partial charge >= 0.3 is 0 Å². The molecule has 0 saturated carbocycles. The average molecular weight is 354 g/mol. The van der Waals surface area contributed by atoms with Gasteiger partial charge in [-0.15, -0.1) is 0 Å². The normalized spacial score (nSPS) is 20.0. The van der Waals surface area contributed by atoms with Gasteiger partial charge in [0.15, 0.2) is 15.8 Å². The second-order valence-corrected chi connectivity index (χ2v) is 8.21. The van der Waals surface area contributed by atoms with Gasteiger partial charge in [0.25, 0.3) is 0 Å². The van der Waals surface area contributed by atoms with Crippen LogP contribution in [0.3, 0.4) is 0 Å². The second kappa shape index (κ2) is 7.83. The summed E-state index contributed by atoms with van der Waals surface area (Å²) in [5.74, 6) is 1.84. The van der Waals surface area contributed by atoms with Crippen LogP contribution in [0.5, 0.6) is 5.75 Å². The summed E-state index contributed by atoms with van der Waals surface area (Å²) in [5, 5.41) is 6.35. The maximum absolute atomic E-state index is 11.6. The number of sulfone groups is 1. The molecule has 24 heavy (non-hydrogen) atoms. The highest BCUT2D eigenvalue weighted by molar-refractivity contribution is 7.91. The smallest absolute Gasteiger partial charge is 0.191 e. The van der Waals surface area contributed by atoms with Crippen molar-refractivity contribution >= 4 is 15.8 Å². The van der Waals surface area contributed by atoms with Gasteiger partial charge in [-0.25, -0.2) is 13.4 Å². The van der Waals surface area contributed by atoms with E-state index in [9.17, 15) is 8.42 Å². The van der Waals surface area contributed by atoms with Crippen molar-refractivity contribution in [1.29, 1.82) is 0 Å². The molecule has 1 aromatic rings. The fourth-order valence-corrected chi connectivity index (χ4v) is 4.48. The van der Waals surface area contributed by atoms with Crippen molar-refractivity contribution in [3.8, 4) is 5.75 Å². The van der Waals surface area contributed by atoms with Gasteiger partial charge in [0.05, 0.1) is 30.9 Å². The number of guanidine groups is 1. The van der Waals surface area contributed by atoms with Crippen molar-refractivity contribution in [2.45, 2.75) is 39.8 Å². The first-order valence-corrected chi connectivity index (χ1v) is 9.92. The number of aromatic nitrogens is 1. The van der Waals surface area contributed by atoms with Crippen molar-refractivity contribution in [3.63, 3.8) is 0 Å². The van der Waals surface area contributed by atoms with Crippen LogP contribution in [0.25, 0.3) is 0 Å². The number of nitrogens with one attached hydrogen (secondary N) is 2. The van der Waals surface area contributed by atoms with Crippen LogP contribution in [0.2, 0.25) is 0 Å². The number of hydrogen-bond donors (Lipinski definition) is 2. The van der Waals surface area contributed by atoms with Crippen LogP contribution in [-0.4, -0.2) is 50.6 Å². The van der Waals surface area contributed by atoms with E-state index in [1.54, 1.807) is 13.3 Å². The monoisotopic (exact) mass is 354 g/mol. The molecule has 1 fully saturated rings. The largest absolute Gasteiger partial charge is 0.496 e. The molecule has 7 nitrogen and oxygen atoms in total. The fraction of sp³-hybridized carbons (Fsp3) is 0.625. The number of aliphatic imine (C=N–C) groups is 1. The highest BCUT2D eigenvalue weighted by Crippen LogP contribution is 2.24. The van der Waals surface area contributed by atoms with E-state index < -0.39 is 9.84 Å². The molecule has 1 saturated heterocycles. The molecule has 1 unspecified atom stereocenters. The van der Waals surface area contributed by atoms with E-state index in [-0.39, 0.29) is 17.5 Å². The average Bonchev–Trinajstić information content (AvgIpc) is 2.86. The number of ether oxygens (including phenoxy) is 1. The lowest BCUT2D eigenvalue weighted by atomic mass is 10.1. The van der Waals surface area contributed by atoms with Crippen molar-refractivity contribution in [2.75, 3.05) is 25.2 Å². The molecule has 0 aromatic carbocycles. The van der Waals surface area contributed by atoms with Gasteiger partial charge in [-0.05, 0) is 27.2 Å². The van der Waals surface area contributed by atoms with Gasteiger partial charge < -0.3 is 15.4 Å². The summed E-state index contributed by atoms with van der Waals surface area (Å²) in [7, 11) is -1.27. The lowest BCUT2D eigenvalue weighted by molar-refractivity contribution is 0.407. The van der Waals surface area contributed by atoms with Crippen LogP contribution >= 0.6 is 0 Å². The minimum Gasteiger partial charge on any atom is -0.496 e. The minimum absolute atomic E-state index is 0.0885. The first-order valence-electron chi connectivity index (χ1n) is 8.10. The summed E-state index contributed by atoms with van der Waals surface area (Å²) in [4.78, 5) is 8.98. The molecule has 0 amide bonds. The van der Waals surface area contributed by atoms with Gasteiger partial charge in [-0.1, -0.05) is 0 Å². The topological polar surface area (TPSA) is 92.7 Å². The Morgan fingerprint density at radius 3 is 2.79 bits per heavy atom. The summed E-state index contributed by atoms with van der Waals surface area (Å²) < 4.78 is 28.6. The molecular weight excluding hydrogens is 328 g/mol. The van der Waals surface area contributed by atoms with Gasteiger partial charge in [0.1, 0.15) is 5.75 Å². The molecule has 1 aromatic heterocycles. The predicted octanol–water partition coefficient (Wildman–Crippen LogP) is 0.949. The number of methoxy groups -OCH3 is 1. The molecule has 2 N–H and O–H groups in total. The molecule has 0 aliphatic carbocycles. The molecule has 1 atom stereocenters. The van der Waals surface area contributed by atoms with E-state index in [1.807, 2.05) is 20.8 Å². The predicted molar refractivity (Wildman–Crippen MR) is 95.3 cm³/mol. The summed E-state index contributed by atoms with van der Waals surface area (Å²) in [5.41, 5.74) is 2.80. The number of aryl methyl sites for hydroxylation is 1. The lowest BCUT2D eigenvalue weighted by Gasteiger charge is -2.16. The zero-order valence-corrected chi connectivity index (χ0v) is 15.5. The zero-order valence-electron chi connectivity index (χ0n) is 14.7. The van der Waals surface area contributed by atoms with Crippen molar-refractivity contribution in [1.82, 2.24) is 15.6 Å². The fourth-order valence-electron chi connectivity index (χ4n) is 2.81. The van der Waals surface area contributed by atoms with Gasteiger partial charge in [-0.3, -0.25) is 4.98 Å². The SMILES string of the molecule is CCNC(=NCc1ncc(C)c(OC)c1C)NC1CCS(=O)(=O)C1. The van der Waals surface area contributed by atoms with Crippen LogP contribution in [0.15, 0.2) is 11.2 Å². The molecular formula is C16H26N4O3S. The standard InChI is InChI=1S/C16H26N4O3S/c1-5-17-16(20-13-6-7-24(21,22)10-13)19-9-14-12(3)15(23-4)11(2)8-18-14/h8,13H,5-7,9-10H2,1-4H3,(H2,17,19,20). The van der Waals surface area contributed by atoms with Gasteiger partial charge in [0, 0.05) is 29.9 Å². The first kappa shape index (κ1) is 18.5. The summed E-state index contributed by atoms with van der Waals surface area (Å²) in [6.45, 7) is 7.00. The molecule has 0 radical (unpaired) electrons. The summed E-state index contributed by atoms with van der Waals surface area (Å²) in [6.07, 6.45) is 2.39. The van der Waals surface area contributed by atoms with E-state index in [0.29, 0.717) is 25.5 Å². The van der Waals surface area contributed by atoms with Crippen LogP contribution in [-0.2, 0) is 16.4 Å². The van der Waals surface area contributed by atoms with E-state index in [0.717, 1.165) is 22.6 Å². The highest BCUT2D eigenvalue weighted by atomic mass is 32.2. The highest BCUT2D eigenvalue weighted by Gasteiger charge is 2.28. The van der Waals surface area contributed by atoms with Crippen molar-refractivity contribution in [2.24, 2.45) is 4.99 Å². The minimum atomic E-state index is -2.92. The maximum Gasteiger partial charge on any atom is 0.191 e. The molecule has 2 rings (SSSR count).